The van der Waals surface area contributed by atoms with E-state index in [1.54, 1.807) is 6.07 Å². The lowest BCUT2D eigenvalue weighted by Crippen LogP contribution is -2.18. The molecule has 4 heteroatoms. The average molecular weight is 152 g/mol. The van der Waals surface area contributed by atoms with Gasteiger partial charge in [-0.05, 0) is 6.07 Å². The van der Waals surface area contributed by atoms with Crippen molar-refractivity contribution in [3.63, 3.8) is 0 Å². The third-order valence-corrected chi connectivity index (χ3v) is 1.37. The number of hydrogen-bond donors (Lipinski definition) is 0. The molecule has 56 valence electrons. The molecule has 0 aromatic carbocycles. The Balaban J connectivity index is 3.57. The van der Waals surface area contributed by atoms with Gasteiger partial charge in [0, 0.05) is 13.1 Å². The summed E-state index contributed by atoms with van der Waals surface area (Å²) in [5.41, 5.74) is -0.625. The predicted molar refractivity (Wildman–Crippen MR) is 36.4 cm³/mol. The zero-order chi connectivity index (χ0) is 8.43. The lowest BCUT2D eigenvalue weighted by atomic mass is 10.3. The van der Waals surface area contributed by atoms with Gasteiger partial charge in [0.05, 0.1) is 0 Å². The summed E-state index contributed by atoms with van der Waals surface area (Å²) in [5.74, 6) is -0.672. The van der Waals surface area contributed by atoms with Gasteiger partial charge in [-0.3, -0.25) is 4.79 Å². The normalized spacial score (nSPS) is 9.18. The Bertz CT molecular complexity index is 375. The quantitative estimate of drug-likeness (QED) is 0.540. The van der Waals surface area contributed by atoms with E-state index in [2.05, 4.69) is 0 Å². The monoisotopic (exact) mass is 152 g/mol. The molecule has 0 radical (unpaired) electrons. The van der Waals surface area contributed by atoms with Crippen molar-refractivity contribution in [3.8, 4) is 6.07 Å². The van der Waals surface area contributed by atoms with E-state index in [4.69, 9.17) is 5.26 Å². The molecule has 0 amide bonds. The van der Waals surface area contributed by atoms with Gasteiger partial charge in [-0.15, -0.1) is 0 Å². The van der Waals surface area contributed by atoms with Gasteiger partial charge < -0.3 is 4.57 Å². The minimum absolute atomic E-state index is 0.238. The van der Waals surface area contributed by atoms with Crippen LogP contribution in [0.15, 0.2) is 16.9 Å². The summed E-state index contributed by atoms with van der Waals surface area (Å²) in [6.07, 6.45) is 0. The molecule has 0 fully saturated rings. The standard InChI is InChI=1S/C7H5FN2O/c1-10-6(4-9)5(8)2-3-7(10)11/h2-3H,1H3. The molecule has 0 aliphatic heterocycles. The van der Waals surface area contributed by atoms with Crippen LogP contribution in [-0.2, 0) is 7.05 Å². The molecule has 1 aromatic rings. The molecule has 0 bridgehead atoms. The number of halogens is 1. The van der Waals surface area contributed by atoms with Gasteiger partial charge in [0.2, 0.25) is 0 Å². The van der Waals surface area contributed by atoms with Crippen molar-refractivity contribution in [2.75, 3.05) is 0 Å². The Labute approximate surface area is 62.3 Å². The van der Waals surface area contributed by atoms with E-state index in [1.165, 1.54) is 7.05 Å². The topological polar surface area (TPSA) is 45.8 Å². The van der Waals surface area contributed by atoms with E-state index in [-0.39, 0.29) is 11.3 Å². The van der Waals surface area contributed by atoms with Crippen LogP contribution in [0, 0.1) is 17.1 Å². The molecular weight excluding hydrogens is 147 g/mol. The average Bonchev–Trinajstić information content (AvgIpc) is 1.99. The number of aromatic nitrogens is 1. The molecule has 1 aromatic heterocycles. The molecule has 0 unspecified atom stereocenters. The van der Waals surface area contributed by atoms with Crippen LogP contribution in [0.5, 0.6) is 0 Å². The summed E-state index contributed by atoms with van der Waals surface area (Å²) >= 11 is 0. The summed E-state index contributed by atoms with van der Waals surface area (Å²) in [7, 11) is 1.35. The van der Waals surface area contributed by atoms with Crippen molar-refractivity contribution >= 4 is 0 Å². The molecule has 0 saturated carbocycles. The first kappa shape index (κ1) is 7.48. The fraction of sp³-hybridized carbons (Fsp3) is 0.143. The van der Waals surface area contributed by atoms with Crippen LogP contribution in [0.1, 0.15) is 5.69 Å². The van der Waals surface area contributed by atoms with Gasteiger partial charge in [0.25, 0.3) is 5.56 Å². The largest absolute Gasteiger partial charge is 0.301 e. The van der Waals surface area contributed by atoms with Crippen molar-refractivity contribution in [2.45, 2.75) is 0 Å². The van der Waals surface area contributed by atoms with Gasteiger partial charge in [-0.25, -0.2) is 4.39 Å². The van der Waals surface area contributed by atoms with Crippen LogP contribution in [-0.4, -0.2) is 4.57 Å². The lowest BCUT2D eigenvalue weighted by Gasteiger charge is -1.98. The fourth-order valence-electron chi connectivity index (χ4n) is 0.734. The number of nitrogens with zero attached hydrogens (tertiary/aromatic N) is 2. The van der Waals surface area contributed by atoms with Crippen molar-refractivity contribution in [2.24, 2.45) is 7.05 Å². The summed E-state index contributed by atoms with van der Waals surface area (Å²) < 4.78 is 13.6. The van der Waals surface area contributed by atoms with E-state index >= 15 is 0 Å². The maximum atomic E-state index is 12.6. The van der Waals surface area contributed by atoms with Crippen LogP contribution in [0.4, 0.5) is 4.39 Å². The van der Waals surface area contributed by atoms with Crippen molar-refractivity contribution in [3.05, 3.63) is 34.0 Å². The van der Waals surface area contributed by atoms with Crippen molar-refractivity contribution in [1.29, 1.82) is 5.26 Å². The second-order valence-electron chi connectivity index (χ2n) is 2.04. The van der Waals surface area contributed by atoms with Crippen molar-refractivity contribution in [1.82, 2.24) is 4.57 Å². The highest BCUT2D eigenvalue weighted by Crippen LogP contribution is 1.99. The summed E-state index contributed by atoms with van der Waals surface area (Å²) in [4.78, 5) is 10.8. The first-order valence-corrected chi connectivity index (χ1v) is 2.92. The molecule has 0 N–H and O–H groups in total. The zero-order valence-corrected chi connectivity index (χ0v) is 5.84. The van der Waals surface area contributed by atoms with E-state index < -0.39 is 5.82 Å². The molecule has 1 rings (SSSR count). The Hall–Kier alpha value is -1.63. The minimum Gasteiger partial charge on any atom is -0.301 e. The molecule has 0 atom stereocenters. The SMILES string of the molecule is Cn1c(C#N)c(F)ccc1=O. The van der Waals surface area contributed by atoms with Gasteiger partial charge in [-0.2, -0.15) is 5.26 Å². The molecule has 0 saturated heterocycles. The van der Waals surface area contributed by atoms with E-state index in [0.717, 1.165) is 16.7 Å². The summed E-state index contributed by atoms with van der Waals surface area (Å²) in [6.45, 7) is 0. The first-order valence-electron chi connectivity index (χ1n) is 2.92. The number of hydrogen-bond acceptors (Lipinski definition) is 2. The molecule has 0 spiro atoms. The van der Waals surface area contributed by atoms with Gasteiger partial charge in [-0.1, -0.05) is 0 Å². The van der Waals surface area contributed by atoms with Gasteiger partial charge in [0.1, 0.15) is 6.07 Å². The molecule has 1 heterocycles. The first-order chi connectivity index (χ1) is 5.16. The number of rotatable bonds is 0. The summed E-state index contributed by atoms with van der Waals surface area (Å²) in [6, 6.07) is 3.66. The third-order valence-electron chi connectivity index (χ3n) is 1.37. The minimum atomic E-state index is -0.672. The molecular formula is C7H5FN2O. The number of pyridine rings is 1. The predicted octanol–water partition coefficient (Wildman–Crippen LogP) is 0.396. The zero-order valence-electron chi connectivity index (χ0n) is 5.84. The van der Waals surface area contributed by atoms with Gasteiger partial charge in [0.15, 0.2) is 11.5 Å². The second kappa shape index (κ2) is 2.54. The maximum absolute atomic E-state index is 12.6. The maximum Gasteiger partial charge on any atom is 0.251 e. The van der Waals surface area contributed by atoms with E-state index in [0.29, 0.717) is 0 Å². The highest BCUT2D eigenvalue weighted by atomic mass is 19.1. The Morgan fingerprint density at radius 3 is 2.73 bits per heavy atom. The summed E-state index contributed by atoms with van der Waals surface area (Å²) in [5, 5.41) is 8.37. The molecule has 3 nitrogen and oxygen atoms in total. The van der Waals surface area contributed by atoms with Crippen LogP contribution in [0.3, 0.4) is 0 Å². The van der Waals surface area contributed by atoms with Crippen LogP contribution >= 0.6 is 0 Å². The van der Waals surface area contributed by atoms with Crippen LogP contribution < -0.4 is 5.56 Å². The smallest absolute Gasteiger partial charge is 0.251 e. The Morgan fingerprint density at radius 1 is 1.64 bits per heavy atom. The lowest BCUT2D eigenvalue weighted by molar-refractivity contribution is 0.598. The second-order valence-corrected chi connectivity index (χ2v) is 2.04. The van der Waals surface area contributed by atoms with E-state index in [1.807, 2.05) is 0 Å². The number of nitriles is 1. The highest BCUT2D eigenvalue weighted by molar-refractivity contribution is 5.22. The van der Waals surface area contributed by atoms with Crippen molar-refractivity contribution < 1.29 is 4.39 Å². The van der Waals surface area contributed by atoms with Crippen LogP contribution in [0.25, 0.3) is 0 Å². The van der Waals surface area contributed by atoms with E-state index in [9.17, 15) is 9.18 Å². The van der Waals surface area contributed by atoms with Crippen LogP contribution in [0.2, 0.25) is 0 Å². The highest BCUT2D eigenvalue weighted by Gasteiger charge is 2.04. The Kier molecular flexibility index (Phi) is 1.73. The fourth-order valence-corrected chi connectivity index (χ4v) is 0.734. The van der Waals surface area contributed by atoms with Gasteiger partial charge >= 0.3 is 0 Å². The Morgan fingerprint density at radius 2 is 2.27 bits per heavy atom. The molecule has 0 aliphatic carbocycles. The molecule has 11 heavy (non-hydrogen) atoms. The molecule has 0 aliphatic rings. The third kappa shape index (κ3) is 1.13.